The van der Waals surface area contributed by atoms with Crippen molar-refractivity contribution in [2.24, 2.45) is 0 Å². The Bertz CT molecular complexity index is 626. The van der Waals surface area contributed by atoms with Crippen LogP contribution in [0.4, 0.5) is 15.9 Å². The molecule has 20 heavy (non-hydrogen) atoms. The maximum atomic E-state index is 13.3. The number of aryl methyl sites for hydroxylation is 1. The number of carbonyl (C=O) groups excluding carboxylic acids is 1. The van der Waals surface area contributed by atoms with Crippen LogP contribution in [0, 0.1) is 12.7 Å². The number of nitrogens with zero attached hydrogens (tertiary/aromatic N) is 2. The molecule has 0 unspecified atom stereocenters. The fraction of sp³-hybridized carbons (Fsp3) is 0.200. The summed E-state index contributed by atoms with van der Waals surface area (Å²) in [6.07, 6.45) is 1.08. The molecule has 0 aliphatic heterocycles. The Labute approximate surface area is 117 Å². The van der Waals surface area contributed by atoms with E-state index >= 15 is 0 Å². The first-order valence-corrected chi connectivity index (χ1v) is 6.21. The lowest BCUT2D eigenvalue weighted by atomic mass is 10.2. The Hall–Kier alpha value is -2.43. The Morgan fingerprint density at radius 2 is 1.95 bits per heavy atom. The van der Waals surface area contributed by atoms with Crippen molar-refractivity contribution < 1.29 is 9.18 Å². The minimum atomic E-state index is -0.537. The summed E-state index contributed by atoms with van der Waals surface area (Å²) in [4.78, 5) is 17.8. The second kappa shape index (κ2) is 5.69. The van der Waals surface area contributed by atoms with Crippen LogP contribution in [0.3, 0.4) is 0 Å². The number of carbonyl (C=O) groups is 1. The van der Waals surface area contributed by atoms with Gasteiger partial charge in [-0.25, -0.2) is 9.37 Å². The van der Waals surface area contributed by atoms with Gasteiger partial charge in [-0.1, -0.05) is 17.7 Å². The molecule has 0 saturated heterocycles. The fourth-order valence-corrected chi connectivity index (χ4v) is 1.87. The Morgan fingerprint density at radius 3 is 2.55 bits per heavy atom. The highest BCUT2D eigenvalue weighted by Gasteiger charge is 2.18. The first kappa shape index (κ1) is 14.0. The molecule has 0 aliphatic carbocycles. The number of pyridine rings is 1. The fourth-order valence-electron chi connectivity index (χ4n) is 1.87. The molecule has 0 fully saturated rings. The molecule has 2 aromatic rings. The third-order valence-corrected chi connectivity index (χ3v) is 3.05. The molecule has 1 amide bonds. The van der Waals surface area contributed by atoms with Gasteiger partial charge in [-0.15, -0.1) is 0 Å². The van der Waals surface area contributed by atoms with E-state index in [9.17, 15) is 9.18 Å². The van der Waals surface area contributed by atoms with Gasteiger partial charge in [-0.3, -0.25) is 4.79 Å². The number of benzene rings is 1. The predicted molar refractivity (Wildman–Crippen MR) is 77.7 cm³/mol. The zero-order valence-corrected chi connectivity index (χ0v) is 11.6. The van der Waals surface area contributed by atoms with Crippen molar-refractivity contribution in [2.45, 2.75) is 6.92 Å². The van der Waals surface area contributed by atoms with Crippen LogP contribution in [-0.2, 0) is 0 Å². The number of aromatic nitrogens is 1. The Morgan fingerprint density at radius 1 is 1.30 bits per heavy atom. The average Bonchev–Trinajstić information content (AvgIpc) is 2.46. The summed E-state index contributed by atoms with van der Waals surface area (Å²) in [6.45, 7) is 1.97. The van der Waals surface area contributed by atoms with Crippen molar-refractivity contribution in [3.05, 3.63) is 53.5 Å². The van der Waals surface area contributed by atoms with E-state index < -0.39 is 5.82 Å². The van der Waals surface area contributed by atoms with Crippen molar-refractivity contribution in [1.29, 1.82) is 0 Å². The molecule has 0 saturated carbocycles. The molecule has 5 heteroatoms. The van der Waals surface area contributed by atoms with E-state index in [1.807, 2.05) is 31.2 Å². The molecular formula is C15H16FN3O. The summed E-state index contributed by atoms with van der Waals surface area (Å²) in [5.74, 6) is -0.495. The van der Waals surface area contributed by atoms with Gasteiger partial charge < -0.3 is 10.2 Å². The SMILES string of the molecule is CNc1ncc(F)cc1C(=O)N(C)c1ccc(C)cc1. The highest BCUT2D eigenvalue weighted by Crippen LogP contribution is 2.20. The van der Waals surface area contributed by atoms with Gasteiger partial charge in [0.2, 0.25) is 0 Å². The standard InChI is InChI=1S/C15H16FN3O/c1-10-4-6-12(7-5-10)19(3)15(20)13-8-11(16)9-18-14(13)17-2/h4-9H,1-3H3,(H,17,18). The molecule has 4 nitrogen and oxygen atoms in total. The molecule has 2 rings (SSSR count). The second-order valence-corrected chi connectivity index (χ2v) is 4.50. The number of anilines is 2. The third-order valence-electron chi connectivity index (χ3n) is 3.05. The van der Waals surface area contributed by atoms with E-state index in [-0.39, 0.29) is 11.5 Å². The van der Waals surface area contributed by atoms with E-state index in [1.165, 1.54) is 11.0 Å². The molecule has 0 atom stereocenters. The highest BCUT2D eigenvalue weighted by atomic mass is 19.1. The van der Waals surface area contributed by atoms with Gasteiger partial charge >= 0.3 is 0 Å². The van der Waals surface area contributed by atoms with Crippen molar-refractivity contribution in [1.82, 2.24) is 4.98 Å². The number of hydrogen-bond acceptors (Lipinski definition) is 3. The van der Waals surface area contributed by atoms with Gasteiger partial charge in [-0.05, 0) is 25.1 Å². The largest absolute Gasteiger partial charge is 0.372 e. The topological polar surface area (TPSA) is 45.2 Å². The molecule has 0 bridgehead atoms. The van der Waals surface area contributed by atoms with Crippen LogP contribution in [0.2, 0.25) is 0 Å². The van der Waals surface area contributed by atoms with Crippen LogP contribution in [0.1, 0.15) is 15.9 Å². The van der Waals surface area contributed by atoms with Crippen molar-refractivity contribution >= 4 is 17.4 Å². The average molecular weight is 273 g/mol. The predicted octanol–water partition coefficient (Wildman–Crippen LogP) is 2.85. The van der Waals surface area contributed by atoms with Crippen LogP contribution >= 0.6 is 0 Å². The maximum Gasteiger partial charge on any atom is 0.261 e. The lowest BCUT2D eigenvalue weighted by molar-refractivity contribution is 0.0993. The van der Waals surface area contributed by atoms with Gasteiger partial charge in [0.1, 0.15) is 11.6 Å². The maximum absolute atomic E-state index is 13.3. The summed E-state index contributed by atoms with van der Waals surface area (Å²) >= 11 is 0. The molecule has 0 radical (unpaired) electrons. The molecule has 0 aliphatic rings. The van der Waals surface area contributed by atoms with E-state index in [4.69, 9.17) is 0 Å². The molecule has 0 spiro atoms. The van der Waals surface area contributed by atoms with Crippen LogP contribution in [0.5, 0.6) is 0 Å². The Kier molecular flexibility index (Phi) is 3.98. The second-order valence-electron chi connectivity index (χ2n) is 4.50. The normalized spacial score (nSPS) is 10.2. The number of amides is 1. The van der Waals surface area contributed by atoms with Crippen molar-refractivity contribution in [3.63, 3.8) is 0 Å². The minimum absolute atomic E-state index is 0.204. The first-order chi connectivity index (χ1) is 9.52. The number of rotatable bonds is 3. The lowest BCUT2D eigenvalue weighted by Crippen LogP contribution is -2.27. The van der Waals surface area contributed by atoms with Crippen molar-refractivity contribution in [2.75, 3.05) is 24.3 Å². The van der Waals surface area contributed by atoms with E-state index in [1.54, 1.807) is 14.1 Å². The summed E-state index contributed by atoms with van der Waals surface area (Å²) in [5.41, 5.74) is 2.06. The highest BCUT2D eigenvalue weighted by molar-refractivity contribution is 6.08. The van der Waals surface area contributed by atoms with Crippen LogP contribution < -0.4 is 10.2 Å². The minimum Gasteiger partial charge on any atom is -0.372 e. The Balaban J connectivity index is 2.35. The number of nitrogens with one attached hydrogen (secondary N) is 1. The lowest BCUT2D eigenvalue weighted by Gasteiger charge is -2.19. The quantitative estimate of drug-likeness (QED) is 0.935. The third kappa shape index (κ3) is 2.77. The number of hydrogen-bond donors (Lipinski definition) is 1. The monoisotopic (exact) mass is 273 g/mol. The molecule has 104 valence electrons. The van der Waals surface area contributed by atoms with Gasteiger partial charge in [0.15, 0.2) is 0 Å². The van der Waals surface area contributed by atoms with Gasteiger partial charge in [0, 0.05) is 19.8 Å². The van der Waals surface area contributed by atoms with E-state index in [0.29, 0.717) is 5.82 Å². The van der Waals surface area contributed by atoms with E-state index in [2.05, 4.69) is 10.3 Å². The summed E-state index contributed by atoms with van der Waals surface area (Å²) in [7, 11) is 3.29. The van der Waals surface area contributed by atoms with Gasteiger partial charge in [-0.2, -0.15) is 0 Å². The summed E-state index contributed by atoms with van der Waals surface area (Å²) in [5, 5.41) is 2.79. The first-order valence-electron chi connectivity index (χ1n) is 6.21. The van der Waals surface area contributed by atoms with Crippen LogP contribution in [0.25, 0.3) is 0 Å². The van der Waals surface area contributed by atoms with Crippen LogP contribution in [-0.4, -0.2) is 25.0 Å². The molecule has 1 aromatic heterocycles. The zero-order chi connectivity index (χ0) is 14.7. The summed E-state index contributed by atoms with van der Waals surface area (Å²) in [6, 6.07) is 8.72. The van der Waals surface area contributed by atoms with E-state index in [0.717, 1.165) is 17.4 Å². The summed E-state index contributed by atoms with van der Waals surface area (Å²) < 4.78 is 13.3. The van der Waals surface area contributed by atoms with Crippen LogP contribution in [0.15, 0.2) is 36.5 Å². The molecule has 1 N–H and O–H groups in total. The van der Waals surface area contributed by atoms with Crippen molar-refractivity contribution in [3.8, 4) is 0 Å². The molecule has 1 heterocycles. The molecule has 1 aromatic carbocycles. The zero-order valence-electron chi connectivity index (χ0n) is 11.6. The van der Waals surface area contributed by atoms with Gasteiger partial charge in [0.05, 0.1) is 11.8 Å². The number of halogens is 1. The molecular weight excluding hydrogens is 257 g/mol. The smallest absolute Gasteiger partial charge is 0.261 e. The van der Waals surface area contributed by atoms with Gasteiger partial charge in [0.25, 0.3) is 5.91 Å².